The molecule has 110 valence electrons. The van der Waals surface area contributed by atoms with E-state index in [1.54, 1.807) is 4.90 Å². The van der Waals surface area contributed by atoms with Crippen LogP contribution in [0.25, 0.3) is 0 Å². The Bertz CT molecular complexity index is 329. The molecule has 19 heavy (non-hydrogen) atoms. The predicted octanol–water partition coefficient (Wildman–Crippen LogP) is 2.41. The van der Waals surface area contributed by atoms with Gasteiger partial charge in [-0.25, -0.2) is 4.79 Å². The number of hydrogen-bond acceptors (Lipinski definition) is 2. The van der Waals surface area contributed by atoms with E-state index >= 15 is 0 Å². The summed E-state index contributed by atoms with van der Waals surface area (Å²) in [5.41, 5.74) is 0. The minimum atomic E-state index is -0.861. The Kier molecular flexibility index (Phi) is 5.63. The van der Waals surface area contributed by atoms with Crippen molar-refractivity contribution in [1.29, 1.82) is 0 Å². The summed E-state index contributed by atoms with van der Waals surface area (Å²) < 4.78 is 0. The molecule has 0 aromatic rings. The summed E-state index contributed by atoms with van der Waals surface area (Å²) in [6, 6.07) is 0.311. The third kappa shape index (κ3) is 4.11. The third-order valence-electron chi connectivity index (χ3n) is 3.75. The summed E-state index contributed by atoms with van der Waals surface area (Å²) >= 11 is 0. The lowest BCUT2D eigenvalue weighted by Crippen LogP contribution is -2.50. The standard InChI is InChI=1S/C14H26N2O3/c1-10(2)12-6-5-8-16(12)14(19)15(11(3)4)9-7-13(17)18/h10-12H,5-9H2,1-4H3,(H,17,18). The summed E-state index contributed by atoms with van der Waals surface area (Å²) in [6.07, 6.45) is 2.10. The van der Waals surface area contributed by atoms with E-state index in [1.807, 2.05) is 18.7 Å². The number of carboxylic acid groups (broad SMARTS) is 1. The highest BCUT2D eigenvalue weighted by atomic mass is 16.4. The number of amides is 2. The molecule has 1 unspecified atom stereocenters. The Balaban J connectivity index is 2.73. The number of urea groups is 1. The molecule has 1 atom stereocenters. The van der Waals surface area contributed by atoms with Crippen molar-refractivity contribution in [3.05, 3.63) is 0 Å². The molecule has 1 heterocycles. The Morgan fingerprint density at radius 3 is 2.42 bits per heavy atom. The van der Waals surface area contributed by atoms with Gasteiger partial charge in [-0.15, -0.1) is 0 Å². The molecule has 1 N–H and O–H groups in total. The molecule has 5 heteroatoms. The first-order valence-electron chi connectivity index (χ1n) is 7.13. The number of likely N-dealkylation sites (tertiary alicyclic amines) is 1. The fourth-order valence-electron chi connectivity index (χ4n) is 2.68. The predicted molar refractivity (Wildman–Crippen MR) is 74.1 cm³/mol. The second-order valence-corrected chi connectivity index (χ2v) is 5.86. The molecule has 1 saturated heterocycles. The van der Waals surface area contributed by atoms with Crippen molar-refractivity contribution in [3.8, 4) is 0 Å². The molecule has 0 aliphatic carbocycles. The molecule has 0 spiro atoms. The molecule has 5 nitrogen and oxygen atoms in total. The van der Waals surface area contributed by atoms with E-state index in [9.17, 15) is 9.59 Å². The molecular weight excluding hydrogens is 244 g/mol. The van der Waals surface area contributed by atoms with Gasteiger partial charge in [0, 0.05) is 25.2 Å². The minimum absolute atomic E-state index is 0.00407. The summed E-state index contributed by atoms with van der Waals surface area (Å²) in [5.74, 6) is -0.416. The van der Waals surface area contributed by atoms with Crippen LogP contribution in [0.3, 0.4) is 0 Å². The maximum atomic E-state index is 12.6. The van der Waals surface area contributed by atoms with Gasteiger partial charge in [0.15, 0.2) is 0 Å². The number of carbonyl (C=O) groups excluding carboxylic acids is 1. The van der Waals surface area contributed by atoms with Crippen molar-refractivity contribution in [2.75, 3.05) is 13.1 Å². The van der Waals surface area contributed by atoms with Gasteiger partial charge in [0.05, 0.1) is 6.42 Å². The monoisotopic (exact) mass is 270 g/mol. The van der Waals surface area contributed by atoms with Crippen molar-refractivity contribution in [2.45, 2.75) is 59.0 Å². The van der Waals surface area contributed by atoms with E-state index in [0.29, 0.717) is 12.0 Å². The number of hydrogen-bond donors (Lipinski definition) is 1. The topological polar surface area (TPSA) is 60.9 Å². The largest absolute Gasteiger partial charge is 0.481 e. The van der Waals surface area contributed by atoms with E-state index < -0.39 is 5.97 Å². The number of nitrogens with zero attached hydrogens (tertiary/aromatic N) is 2. The van der Waals surface area contributed by atoms with Crippen molar-refractivity contribution >= 4 is 12.0 Å². The molecule has 0 saturated carbocycles. The maximum Gasteiger partial charge on any atom is 0.320 e. The van der Waals surface area contributed by atoms with E-state index in [0.717, 1.165) is 19.4 Å². The molecule has 0 aromatic heterocycles. The van der Waals surface area contributed by atoms with Gasteiger partial charge in [-0.3, -0.25) is 4.79 Å². The van der Waals surface area contributed by atoms with E-state index in [4.69, 9.17) is 5.11 Å². The van der Waals surface area contributed by atoms with Crippen LogP contribution in [0.15, 0.2) is 0 Å². The average Bonchev–Trinajstić information content (AvgIpc) is 2.76. The van der Waals surface area contributed by atoms with Crippen LogP contribution in [-0.2, 0) is 4.79 Å². The first kappa shape index (κ1) is 15.8. The van der Waals surface area contributed by atoms with Crippen LogP contribution in [0, 0.1) is 5.92 Å². The fraction of sp³-hybridized carbons (Fsp3) is 0.857. The summed E-state index contributed by atoms with van der Waals surface area (Å²) in [4.78, 5) is 26.9. The Morgan fingerprint density at radius 2 is 1.95 bits per heavy atom. The van der Waals surface area contributed by atoms with Gasteiger partial charge in [-0.2, -0.15) is 0 Å². The number of aliphatic carboxylic acids is 1. The molecular formula is C14H26N2O3. The Labute approximate surface area is 115 Å². The summed E-state index contributed by atoms with van der Waals surface area (Å²) in [7, 11) is 0. The third-order valence-corrected chi connectivity index (χ3v) is 3.75. The smallest absolute Gasteiger partial charge is 0.320 e. The average molecular weight is 270 g/mol. The molecule has 0 radical (unpaired) electrons. The van der Waals surface area contributed by atoms with Gasteiger partial charge in [0.25, 0.3) is 0 Å². The van der Waals surface area contributed by atoms with E-state index in [1.165, 1.54) is 0 Å². The van der Waals surface area contributed by atoms with Crippen molar-refractivity contribution in [3.63, 3.8) is 0 Å². The van der Waals surface area contributed by atoms with Crippen LogP contribution in [-0.4, -0.2) is 52.1 Å². The van der Waals surface area contributed by atoms with Crippen LogP contribution >= 0.6 is 0 Å². The Morgan fingerprint density at radius 1 is 1.32 bits per heavy atom. The molecule has 0 bridgehead atoms. The van der Waals surface area contributed by atoms with Crippen molar-refractivity contribution in [1.82, 2.24) is 9.80 Å². The van der Waals surface area contributed by atoms with Gasteiger partial charge in [-0.05, 0) is 32.6 Å². The highest BCUT2D eigenvalue weighted by Gasteiger charge is 2.34. The quantitative estimate of drug-likeness (QED) is 0.834. The Hall–Kier alpha value is -1.26. The van der Waals surface area contributed by atoms with Gasteiger partial charge in [0.1, 0.15) is 0 Å². The van der Waals surface area contributed by atoms with Crippen LogP contribution < -0.4 is 0 Å². The first-order valence-corrected chi connectivity index (χ1v) is 7.13. The SMILES string of the molecule is CC(C)C1CCCN1C(=O)N(CCC(=O)O)C(C)C. The zero-order valence-electron chi connectivity index (χ0n) is 12.4. The second kappa shape index (κ2) is 6.78. The number of rotatable bonds is 5. The molecule has 1 aliphatic heterocycles. The van der Waals surface area contributed by atoms with Crippen LogP contribution in [0.1, 0.15) is 47.0 Å². The lowest BCUT2D eigenvalue weighted by molar-refractivity contribution is -0.137. The molecule has 1 fully saturated rings. The van der Waals surface area contributed by atoms with Gasteiger partial charge < -0.3 is 14.9 Å². The van der Waals surface area contributed by atoms with E-state index in [2.05, 4.69) is 13.8 Å². The molecule has 1 rings (SSSR count). The lowest BCUT2D eigenvalue weighted by Gasteiger charge is -2.35. The zero-order chi connectivity index (χ0) is 14.6. The number of carboxylic acids is 1. The normalized spacial score (nSPS) is 19.3. The second-order valence-electron chi connectivity index (χ2n) is 5.86. The fourth-order valence-corrected chi connectivity index (χ4v) is 2.68. The first-order chi connectivity index (χ1) is 8.84. The molecule has 0 aromatic carbocycles. The van der Waals surface area contributed by atoms with Crippen molar-refractivity contribution in [2.24, 2.45) is 5.92 Å². The van der Waals surface area contributed by atoms with Gasteiger partial charge in [-0.1, -0.05) is 13.8 Å². The number of carbonyl (C=O) groups is 2. The summed E-state index contributed by atoms with van der Waals surface area (Å²) in [5, 5.41) is 8.78. The van der Waals surface area contributed by atoms with Crippen LogP contribution in [0.2, 0.25) is 0 Å². The van der Waals surface area contributed by atoms with Crippen molar-refractivity contribution < 1.29 is 14.7 Å². The van der Waals surface area contributed by atoms with Gasteiger partial charge in [0.2, 0.25) is 0 Å². The summed E-state index contributed by atoms with van der Waals surface area (Å²) in [6.45, 7) is 9.20. The van der Waals surface area contributed by atoms with Crippen LogP contribution in [0.5, 0.6) is 0 Å². The van der Waals surface area contributed by atoms with Crippen LogP contribution in [0.4, 0.5) is 4.79 Å². The maximum absolute atomic E-state index is 12.6. The highest BCUT2D eigenvalue weighted by molar-refractivity contribution is 5.76. The molecule has 1 aliphatic rings. The highest BCUT2D eigenvalue weighted by Crippen LogP contribution is 2.25. The molecule has 2 amide bonds. The minimum Gasteiger partial charge on any atom is -0.481 e. The van der Waals surface area contributed by atoms with E-state index in [-0.39, 0.29) is 25.0 Å². The lowest BCUT2D eigenvalue weighted by atomic mass is 10.0. The van der Waals surface area contributed by atoms with Gasteiger partial charge >= 0.3 is 12.0 Å². The zero-order valence-corrected chi connectivity index (χ0v) is 12.4.